The lowest BCUT2D eigenvalue weighted by Gasteiger charge is -2.35. The number of unbranched alkanes of at least 4 members (excludes halogenated alkanes) is 4. The molecule has 0 spiro atoms. The van der Waals surface area contributed by atoms with Gasteiger partial charge in [0.05, 0.1) is 28.2 Å². The van der Waals surface area contributed by atoms with Crippen LogP contribution in [0.2, 0.25) is 0 Å². The third-order valence-electron chi connectivity index (χ3n) is 13.8. The van der Waals surface area contributed by atoms with Gasteiger partial charge in [0.15, 0.2) is 5.78 Å². The van der Waals surface area contributed by atoms with E-state index < -0.39 is 23.6 Å². The number of hydrogen-bond donors (Lipinski definition) is 5. The van der Waals surface area contributed by atoms with Gasteiger partial charge < -0.3 is 35.6 Å². The number of benzene rings is 4. The molecule has 1 saturated carbocycles. The number of aliphatic hydroxyl groups excluding tert-OH is 1. The highest BCUT2D eigenvalue weighted by Crippen LogP contribution is 2.42. The van der Waals surface area contributed by atoms with Crippen molar-refractivity contribution in [3.8, 4) is 38.1 Å². The lowest BCUT2D eigenvalue weighted by atomic mass is 9.85. The average molecular weight is 1010 g/mol. The van der Waals surface area contributed by atoms with Gasteiger partial charge >= 0.3 is 0 Å². The van der Waals surface area contributed by atoms with E-state index in [1.807, 2.05) is 76.5 Å². The molecule has 0 radical (unpaired) electrons. The van der Waals surface area contributed by atoms with Gasteiger partial charge in [-0.2, -0.15) is 0 Å². The van der Waals surface area contributed by atoms with Gasteiger partial charge in [-0.1, -0.05) is 64.3 Å². The Morgan fingerprint density at radius 1 is 0.833 bits per heavy atom. The highest BCUT2D eigenvalue weighted by molar-refractivity contribution is 7.22. The molecular formula is C57H67N5O8S2. The number of phenolic OH excluding ortho intramolecular Hbond substituents is 2. The van der Waals surface area contributed by atoms with E-state index in [1.165, 1.54) is 29.1 Å². The Kier molecular flexibility index (Phi) is 16.8. The Morgan fingerprint density at radius 2 is 1.50 bits per heavy atom. The molecule has 15 heteroatoms. The van der Waals surface area contributed by atoms with E-state index in [9.17, 15) is 34.5 Å². The van der Waals surface area contributed by atoms with E-state index in [1.54, 1.807) is 65.9 Å². The summed E-state index contributed by atoms with van der Waals surface area (Å²) in [5.74, 6) is -0.0673. The lowest BCUT2D eigenvalue weighted by Crippen LogP contribution is -2.57. The van der Waals surface area contributed by atoms with Crippen LogP contribution in [0.4, 0.5) is 0 Å². The summed E-state index contributed by atoms with van der Waals surface area (Å²) in [6, 6.07) is 25.6. The fourth-order valence-corrected chi connectivity index (χ4v) is 11.6. The predicted octanol–water partition coefficient (Wildman–Crippen LogP) is 10.2. The minimum absolute atomic E-state index is 0.0219. The van der Waals surface area contributed by atoms with Crippen molar-refractivity contribution in [2.75, 3.05) is 26.2 Å². The predicted molar refractivity (Wildman–Crippen MR) is 285 cm³/mol. The summed E-state index contributed by atoms with van der Waals surface area (Å²) in [6.45, 7) is 11.9. The van der Waals surface area contributed by atoms with Gasteiger partial charge in [-0.25, -0.2) is 4.98 Å². The van der Waals surface area contributed by atoms with Crippen molar-refractivity contribution in [2.45, 2.75) is 123 Å². The summed E-state index contributed by atoms with van der Waals surface area (Å²) >= 11 is 3.01. The SMILES string of the molecule is Cc1ncsc1-c1ccc([C@H](C)NC(=O)[C@@H]2C[C@@H](O)CN2C(=O)C(NC(=O)CCCCCCCN(CCOc2ccc(C(=O)c3c(-c4ccc(O)cc4)sc4cc(O)ccc34)cc2)C2CC2)C(C)(C)C)cc1. The number of aryl methyl sites for hydroxylation is 1. The number of phenols is 2. The molecule has 5 N–H and O–H groups in total. The fraction of sp³-hybridized carbons (Fsp3) is 0.421. The van der Waals surface area contributed by atoms with Gasteiger partial charge in [0, 0.05) is 58.1 Å². The zero-order valence-corrected chi connectivity index (χ0v) is 43.5. The second kappa shape index (κ2) is 23.2. The Labute approximate surface area is 430 Å². The number of ether oxygens (including phenoxy) is 1. The Bertz CT molecular complexity index is 2830. The molecule has 3 heterocycles. The molecule has 1 saturated heterocycles. The average Bonchev–Trinajstić information content (AvgIpc) is 3.82. The number of aromatic hydroxyl groups is 2. The quantitative estimate of drug-likeness (QED) is 0.0324. The summed E-state index contributed by atoms with van der Waals surface area (Å²) in [5.41, 5.74) is 6.04. The summed E-state index contributed by atoms with van der Waals surface area (Å²) in [7, 11) is 0. The molecule has 72 heavy (non-hydrogen) atoms. The first-order valence-corrected chi connectivity index (χ1v) is 26.9. The van der Waals surface area contributed by atoms with Crippen LogP contribution in [-0.4, -0.2) is 104 Å². The molecule has 1 unspecified atom stereocenters. The van der Waals surface area contributed by atoms with Crippen molar-refractivity contribution in [3.05, 3.63) is 119 Å². The third-order valence-corrected chi connectivity index (χ3v) is 15.9. The first kappa shape index (κ1) is 52.2. The van der Waals surface area contributed by atoms with E-state index in [0.717, 1.165) is 81.0 Å². The van der Waals surface area contributed by atoms with E-state index in [-0.39, 0.29) is 54.0 Å². The van der Waals surface area contributed by atoms with Crippen LogP contribution in [0, 0.1) is 12.3 Å². The maximum absolute atomic E-state index is 14.2. The highest BCUT2D eigenvalue weighted by Gasteiger charge is 2.44. The van der Waals surface area contributed by atoms with Crippen LogP contribution in [0.15, 0.2) is 96.5 Å². The highest BCUT2D eigenvalue weighted by atomic mass is 32.1. The van der Waals surface area contributed by atoms with Crippen LogP contribution in [0.25, 0.3) is 31.0 Å². The van der Waals surface area contributed by atoms with Gasteiger partial charge in [0.25, 0.3) is 0 Å². The molecule has 8 rings (SSSR count). The normalized spacial score (nSPS) is 16.7. The second-order valence-corrected chi connectivity index (χ2v) is 22.3. The van der Waals surface area contributed by atoms with Crippen molar-refractivity contribution in [1.29, 1.82) is 0 Å². The Balaban J connectivity index is 0.752. The number of carbonyl (C=O) groups excluding carboxylic acids is 4. The number of β-amino-alcohol motifs (C(OH)–C–C–N with tert-alkyl or cyclic N) is 1. The van der Waals surface area contributed by atoms with Crippen molar-refractivity contribution in [3.63, 3.8) is 0 Å². The zero-order chi connectivity index (χ0) is 51.1. The summed E-state index contributed by atoms with van der Waals surface area (Å²) in [5, 5.41) is 37.5. The first-order valence-electron chi connectivity index (χ1n) is 25.2. The second-order valence-electron chi connectivity index (χ2n) is 20.4. The van der Waals surface area contributed by atoms with Crippen LogP contribution in [-0.2, 0) is 14.4 Å². The zero-order valence-electron chi connectivity index (χ0n) is 41.9. The van der Waals surface area contributed by atoms with Crippen molar-refractivity contribution in [1.82, 2.24) is 25.4 Å². The number of likely N-dealkylation sites (tertiary alicyclic amines) is 1. The maximum atomic E-state index is 14.2. The summed E-state index contributed by atoms with van der Waals surface area (Å²) in [4.78, 5) is 65.4. The summed E-state index contributed by atoms with van der Waals surface area (Å²) < 4.78 is 6.97. The minimum Gasteiger partial charge on any atom is -0.508 e. The van der Waals surface area contributed by atoms with Crippen LogP contribution < -0.4 is 15.4 Å². The van der Waals surface area contributed by atoms with E-state index in [0.29, 0.717) is 42.4 Å². The fourth-order valence-electron chi connectivity index (χ4n) is 9.55. The number of nitrogens with one attached hydrogen (secondary N) is 2. The number of thiophene rings is 1. The van der Waals surface area contributed by atoms with E-state index in [4.69, 9.17) is 4.74 Å². The molecule has 2 aliphatic rings. The first-order chi connectivity index (χ1) is 34.5. The monoisotopic (exact) mass is 1010 g/mol. The minimum atomic E-state index is -0.867. The van der Waals surface area contributed by atoms with Gasteiger partial charge in [0.1, 0.15) is 35.9 Å². The molecule has 0 bridgehead atoms. The Hall–Kier alpha value is -6.13. The number of hydrogen-bond acceptors (Lipinski definition) is 12. The molecule has 1 aliphatic carbocycles. The van der Waals surface area contributed by atoms with Crippen LogP contribution in [0.3, 0.4) is 0 Å². The van der Waals surface area contributed by atoms with E-state index >= 15 is 0 Å². The number of ketones is 1. The van der Waals surface area contributed by atoms with Gasteiger partial charge in [0.2, 0.25) is 17.7 Å². The van der Waals surface area contributed by atoms with Crippen LogP contribution in [0.5, 0.6) is 17.2 Å². The smallest absolute Gasteiger partial charge is 0.246 e. The molecule has 1 aliphatic heterocycles. The van der Waals surface area contributed by atoms with E-state index in [2.05, 4.69) is 20.5 Å². The van der Waals surface area contributed by atoms with Crippen molar-refractivity contribution < 1.29 is 39.2 Å². The number of carbonyl (C=O) groups is 4. The molecule has 4 aromatic carbocycles. The number of nitrogens with zero attached hydrogens (tertiary/aromatic N) is 3. The standard InChI is InChI=1S/C57H67N5O8S2/c1-35(37-12-14-39(15-13-37)52-36(2)58-34-71-52)59-55(68)47-31-44(65)33-62(47)56(69)54(57(3,4)5)60-49(66)11-9-7-6-8-10-28-61(41-20-21-41)29-30-70-45-25-18-38(19-26-45)51(67)50-46-27-24-43(64)32-48(46)72-53(50)40-16-22-42(63)23-17-40/h12-19,22-27,32,34-35,41,44,47,54,63-65H,6-11,20-21,28-31,33H2,1-5H3,(H,59,68)(H,60,66)/t35-,44+,47-,54?/m0/s1. The van der Waals surface area contributed by atoms with Crippen LogP contribution in [0.1, 0.15) is 119 Å². The topological polar surface area (TPSA) is 182 Å². The number of thiazole rings is 1. The summed E-state index contributed by atoms with van der Waals surface area (Å²) in [6.07, 6.45) is 6.60. The number of amides is 3. The van der Waals surface area contributed by atoms with Gasteiger partial charge in [-0.3, -0.25) is 24.1 Å². The molecule has 380 valence electrons. The van der Waals surface area contributed by atoms with Crippen molar-refractivity contribution in [2.24, 2.45) is 5.41 Å². The lowest BCUT2D eigenvalue weighted by molar-refractivity contribution is -0.144. The maximum Gasteiger partial charge on any atom is 0.246 e. The molecule has 4 atom stereocenters. The number of fused-ring (bicyclic) bond motifs is 1. The number of rotatable bonds is 22. The Morgan fingerprint density at radius 3 is 2.18 bits per heavy atom. The van der Waals surface area contributed by atoms with Gasteiger partial charge in [-0.05, 0) is 135 Å². The third kappa shape index (κ3) is 12.9. The molecule has 2 fully saturated rings. The molecule has 2 aromatic heterocycles. The van der Waals surface area contributed by atoms with Crippen LogP contribution >= 0.6 is 22.7 Å². The molecule has 6 aromatic rings. The molecule has 13 nitrogen and oxygen atoms in total. The molecule has 3 amide bonds. The number of aromatic nitrogens is 1. The largest absolute Gasteiger partial charge is 0.508 e. The molecular weight excluding hydrogens is 947 g/mol. The number of aliphatic hydroxyl groups is 1. The van der Waals surface area contributed by atoms with Gasteiger partial charge in [-0.15, -0.1) is 22.7 Å². The van der Waals surface area contributed by atoms with Crippen molar-refractivity contribution >= 4 is 56.3 Å².